The largest absolute Gasteiger partial charge is 0.369 e. The topological polar surface area (TPSA) is 63.8 Å². The maximum atomic E-state index is 5.45. The summed E-state index contributed by atoms with van der Waals surface area (Å²) in [6.45, 7) is 5.68. The highest BCUT2D eigenvalue weighted by molar-refractivity contribution is 5.64. The van der Waals surface area contributed by atoms with Crippen LogP contribution in [-0.2, 0) is 0 Å². The highest BCUT2D eigenvalue weighted by Crippen LogP contribution is 2.22. The van der Waals surface area contributed by atoms with E-state index in [1.165, 1.54) is 11.1 Å². The Morgan fingerprint density at radius 2 is 1.95 bits per heavy atom. The summed E-state index contributed by atoms with van der Waals surface area (Å²) >= 11 is 0. The molecule has 4 heteroatoms. The molecule has 0 amide bonds. The van der Waals surface area contributed by atoms with Crippen molar-refractivity contribution in [3.63, 3.8) is 0 Å². The Bertz CT molecular complexity index is 534. The zero-order chi connectivity index (χ0) is 13.7. The summed E-state index contributed by atoms with van der Waals surface area (Å²) in [4.78, 5) is 0. The van der Waals surface area contributed by atoms with Gasteiger partial charge in [-0.15, -0.1) is 10.2 Å². The Hall–Kier alpha value is -1.94. The van der Waals surface area contributed by atoms with Crippen LogP contribution in [0.25, 0.3) is 11.3 Å². The first kappa shape index (κ1) is 13.5. The molecule has 0 spiro atoms. The van der Waals surface area contributed by atoms with Crippen LogP contribution in [0.4, 0.5) is 5.82 Å². The lowest BCUT2D eigenvalue weighted by Crippen LogP contribution is -2.09. The van der Waals surface area contributed by atoms with E-state index in [1.54, 1.807) is 0 Å². The maximum Gasteiger partial charge on any atom is 0.148 e. The molecule has 0 aliphatic rings. The van der Waals surface area contributed by atoms with E-state index >= 15 is 0 Å². The molecule has 2 aromatic rings. The van der Waals surface area contributed by atoms with Crippen molar-refractivity contribution in [3.8, 4) is 11.3 Å². The van der Waals surface area contributed by atoms with Gasteiger partial charge in [0.25, 0.3) is 0 Å². The fourth-order valence-corrected chi connectivity index (χ4v) is 1.90. The molecular formula is C15H20N4. The Morgan fingerprint density at radius 1 is 1.11 bits per heavy atom. The van der Waals surface area contributed by atoms with E-state index in [2.05, 4.69) is 47.6 Å². The average molecular weight is 256 g/mol. The van der Waals surface area contributed by atoms with Gasteiger partial charge in [-0.3, -0.25) is 0 Å². The monoisotopic (exact) mass is 256 g/mol. The van der Waals surface area contributed by atoms with Crippen molar-refractivity contribution in [2.45, 2.75) is 20.3 Å². The molecule has 0 saturated heterocycles. The molecule has 100 valence electrons. The van der Waals surface area contributed by atoms with E-state index in [1.807, 2.05) is 12.1 Å². The van der Waals surface area contributed by atoms with Gasteiger partial charge in [0.1, 0.15) is 5.82 Å². The summed E-state index contributed by atoms with van der Waals surface area (Å²) in [5.41, 5.74) is 9.94. The van der Waals surface area contributed by atoms with Crippen molar-refractivity contribution < 1.29 is 0 Å². The van der Waals surface area contributed by atoms with Crippen LogP contribution in [-0.4, -0.2) is 23.3 Å². The van der Waals surface area contributed by atoms with Crippen molar-refractivity contribution in [2.24, 2.45) is 5.73 Å². The first-order valence-corrected chi connectivity index (χ1v) is 6.56. The zero-order valence-electron chi connectivity index (χ0n) is 11.5. The molecule has 0 radical (unpaired) electrons. The highest BCUT2D eigenvalue weighted by atomic mass is 15.2. The summed E-state index contributed by atoms with van der Waals surface area (Å²) < 4.78 is 0. The second kappa shape index (κ2) is 6.29. The number of benzene rings is 1. The summed E-state index contributed by atoms with van der Waals surface area (Å²) in [6.07, 6.45) is 0.931. The quantitative estimate of drug-likeness (QED) is 0.807. The third-order valence-corrected chi connectivity index (χ3v) is 3.02. The Balaban J connectivity index is 2.15. The van der Waals surface area contributed by atoms with Gasteiger partial charge >= 0.3 is 0 Å². The summed E-state index contributed by atoms with van der Waals surface area (Å²) in [6, 6.07) is 10.3. The van der Waals surface area contributed by atoms with Gasteiger partial charge in [0, 0.05) is 12.1 Å². The summed E-state index contributed by atoms with van der Waals surface area (Å²) in [5, 5.41) is 11.7. The average Bonchev–Trinajstić information content (AvgIpc) is 2.43. The Labute approximate surface area is 114 Å². The van der Waals surface area contributed by atoms with Gasteiger partial charge in [-0.2, -0.15) is 0 Å². The molecule has 1 heterocycles. The van der Waals surface area contributed by atoms with Crippen LogP contribution in [0.3, 0.4) is 0 Å². The van der Waals surface area contributed by atoms with Crippen LogP contribution in [0, 0.1) is 13.8 Å². The van der Waals surface area contributed by atoms with Gasteiger partial charge in [0.15, 0.2) is 0 Å². The van der Waals surface area contributed by atoms with E-state index in [9.17, 15) is 0 Å². The first-order chi connectivity index (χ1) is 9.20. The second-order valence-corrected chi connectivity index (χ2v) is 4.69. The van der Waals surface area contributed by atoms with Crippen LogP contribution < -0.4 is 11.1 Å². The van der Waals surface area contributed by atoms with Gasteiger partial charge in [0.2, 0.25) is 0 Å². The van der Waals surface area contributed by atoms with E-state index in [4.69, 9.17) is 5.73 Å². The number of nitrogens with zero attached hydrogens (tertiary/aromatic N) is 2. The van der Waals surface area contributed by atoms with E-state index < -0.39 is 0 Å². The van der Waals surface area contributed by atoms with E-state index in [0.29, 0.717) is 6.54 Å². The first-order valence-electron chi connectivity index (χ1n) is 6.56. The van der Waals surface area contributed by atoms with Crippen LogP contribution in [0.5, 0.6) is 0 Å². The number of anilines is 1. The van der Waals surface area contributed by atoms with Crippen molar-refractivity contribution in [2.75, 3.05) is 18.4 Å². The molecule has 3 N–H and O–H groups in total. The van der Waals surface area contributed by atoms with Gasteiger partial charge < -0.3 is 11.1 Å². The fourth-order valence-electron chi connectivity index (χ4n) is 1.90. The standard InChI is InChI=1S/C15H20N4/c1-11-4-5-12(2)13(10-11)14-6-7-15(19-18-14)17-9-3-8-16/h4-7,10H,3,8-9,16H2,1-2H3,(H,17,19). The van der Waals surface area contributed by atoms with Crippen molar-refractivity contribution in [3.05, 3.63) is 41.5 Å². The number of hydrogen-bond acceptors (Lipinski definition) is 4. The summed E-state index contributed by atoms with van der Waals surface area (Å²) in [5.74, 6) is 0.794. The van der Waals surface area contributed by atoms with Crippen molar-refractivity contribution in [1.29, 1.82) is 0 Å². The van der Waals surface area contributed by atoms with Gasteiger partial charge in [0.05, 0.1) is 5.69 Å². The van der Waals surface area contributed by atoms with Crippen LogP contribution in [0.15, 0.2) is 30.3 Å². The van der Waals surface area contributed by atoms with Crippen LogP contribution in [0.1, 0.15) is 17.5 Å². The predicted octanol–water partition coefficient (Wildman–Crippen LogP) is 2.52. The molecule has 19 heavy (non-hydrogen) atoms. The lowest BCUT2D eigenvalue weighted by atomic mass is 10.0. The molecule has 1 aromatic heterocycles. The molecule has 0 bridgehead atoms. The third kappa shape index (κ3) is 3.51. The minimum absolute atomic E-state index is 0.682. The molecule has 2 rings (SSSR count). The number of aromatic nitrogens is 2. The molecule has 0 fully saturated rings. The highest BCUT2D eigenvalue weighted by Gasteiger charge is 2.04. The minimum atomic E-state index is 0.682. The van der Waals surface area contributed by atoms with Crippen LogP contribution >= 0.6 is 0 Å². The van der Waals surface area contributed by atoms with Gasteiger partial charge in [-0.25, -0.2) is 0 Å². The predicted molar refractivity (Wildman–Crippen MR) is 79.1 cm³/mol. The molecule has 0 aliphatic heterocycles. The smallest absolute Gasteiger partial charge is 0.148 e. The summed E-state index contributed by atoms with van der Waals surface area (Å²) in [7, 11) is 0. The third-order valence-electron chi connectivity index (χ3n) is 3.02. The number of hydrogen-bond donors (Lipinski definition) is 2. The molecule has 0 saturated carbocycles. The van der Waals surface area contributed by atoms with Crippen molar-refractivity contribution in [1.82, 2.24) is 10.2 Å². The molecule has 1 aromatic carbocycles. The van der Waals surface area contributed by atoms with E-state index in [-0.39, 0.29) is 0 Å². The van der Waals surface area contributed by atoms with Gasteiger partial charge in [-0.05, 0) is 50.6 Å². The molecular weight excluding hydrogens is 236 g/mol. The number of nitrogens with two attached hydrogens (primary N) is 1. The number of rotatable bonds is 5. The second-order valence-electron chi connectivity index (χ2n) is 4.69. The Kier molecular flexibility index (Phi) is 4.47. The molecule has 0 atom stereocenters. The molecule has 0 aliphatic carbocycles. The van der Waals surface area contributed by atoms with Crippen LogP contribution in [0.2, 0.25) is 0 Å². The number of nitrogens with one attached hydrogen (secondary N) is 1. The fraction of sp³-hybridized carbons (Fsp3) is 0.333. The van der Waals surface area contributed by atoms with Gasteiger partial charge in [-0.1, -0.05) is 17.7 Å². The normalized spacial score (nSPS) is 10.5. The maximum absolute atomic E-state index is 5.45. The lowest BCUT2D eigenvalue weighted by molar-refractivity contribution is 0.864. The number of aryl methyl sites for hydroxylation is 2. The Morgan fingerprint density at radius 3 is 2.63 bits per heavy atom. The molecule has 0 unspecified atom stereocenters. The minimum Gasteiger partial charge on any atom is -0.369 e. The van der Waals surface area contributed by atoms with Crippen molar-refractivity contribution >= 4 is 5.82 Å². The van der Waals surface area contributed by atoms with E-state index in [0.717, 1.165) is 30.0 Å². The zero-order valence-corrected chi connectivity index (χ0v) is 11.5. The SMILES string of the molecule is Cc1ccc(C)c(-c2ccc(NCCCN)nn2)c1. The lowest BCUT2D eigenvalue weighted by Gasteiger charge is -2.07. The molecule has 4 nitrogen and oxygen atoms in total.